The second-order valence-electron chi connectivity index (χ2n) is 6.40. The normalized spacial score (nSPS) is 20.4. The molecule has 2 aromatic rings. The minimum absolute atomic E-state index is 0.195. The molecule has 1 fully saturated rings. The van der Waals surface area contributed by atoms with Gasteiger partial charge in [0.25, 0.3) is 0 Å². The predicted octanol–water partition coefficient (Wildman–Crippen LogP) is 3.85. The van der Waals surface area contributed by atoms with E-state index in [1.807, 2.05) is 54.6 Å². The molecular formula is C20H20ClNO3. The first kappa shape index (κ1) is 17.5. The summed E-state index contributed by atoms with van der Waals surface area (Å²) in [6, 6.07) is 17.0. The van der Waals surface area contributed by atoms with Gasteiger partial charge in [-0.25, -0.2) is 0 Å². The Morgan fingerprint density at radius 3 is 2.28 bits per heavy atom. The van der Waals surface area contributed by atoms with Gasteiger partial charge in [-0.15, -0.1) is 0 Å². The standard InChI is InChI=1S/C20H20ClNO3/c21-17-9-5-4-8-14(17)12-18(13-6-2-1-3-7-13)22-19(23)15-10-11-16(15)20(24)25/h1-9,15-16,18H,10-12H2,(H,22,23)(H,24,25). The van der Waals surface area contributed by atoms with Gasteiger partial charge in [-0.1, -0.05) is 60.1 Å². The first-order valence-corrected chi connectivity index (χ1v) is 8.75. The fourth-order valence-electron chi connectivity index (χ4n) is 3.21. The average Bonchev–Trinajstić information content (AvgIpc) is 2.55. The SMILES string of the molecule is O=C(O)C1CCC1C(=O)NC(Cc1ccccc1Cl)c1ccccc1. The molecule has 3 atom stereocenters. The van der Waals surface area contributed by atoms with Crippen LogP contribution in [0.1, 0.15) is 30.0 Å². The van der Waals surface area contributed by atoms with Crippen LogP contribution >= 0.6 is 11.6 Å². The summed E-state index contributed by atoms with van der Waals surface area (Å²) in [4.78, 5) is 23.8. The smallest absolute Gasteiger partial charge is 0.307 e. The van der Waals surface area contributed by atoms with E-state index in [9.17, 15) is 14.7 Å². The lowest BCUT2D eigenvalue weighted by molar-refractivity contribution is -0.153. The highest BCUT2D eigenvalue weighted by molar-refractivity contribution is 6.31. The van der Waals surface area contributed by atoms with Gasteiger partial charge < -0.3 is 10.4 Å². The number of carbonyl (C=O) groups excluding carboxylic acids is 1. The lowest BCUT2D eigenvalue weighted by atomic mass is 9.73. The zero-order chi connectivity index (χ0) is 17.8. The van der Waals surface area contributed by atoms with Crippen molar-refractivity contribution in [2.45, 2.75) is 25.3 Å². The first-order valence-electron chi connectivity index (χ1n) is 8.38. The molecular weight excluding hydrogens is 338 g/mol. The lowest BCUT2D eigenvalue weighted by Gasteiger charge is -2.33. The number of carboxylic acids is 1. The second-order valence-corrected chi connectivity index (χ2v) is 6.80. The number of halogens is 1. The Kier molecular flexibility index (Phi) is 5.39. The number of rotatable bonds is 6. The topological polar surface area (TPSA) is 66.4 Å². The molecule has 5 heteroatoms. The Bertz CT molecular complexity index is 763. The number of nitrogens with one attached hydrogen (secondary N) is 1. The predicted molar refractivity (Wildman–Crippen MR) is 96.3 cm³/mol. The first-order chi connectivity index (χ1) is 12.1. The van der Waals surface area contributed by atoms with Crippen LogP contribution in [0.2, 0.25) is 5.02 Å². The van der Waals surface area contributed by atoms with E-state index in [0.717, 1.165) is 11.1 Å². The maximum atomic E-state index is 12.6. The van der Waals surface area contributed by atoms with E-state index >= 15 is 0 Å². The zero-order valence-electron chi connectivity index (χ0n) is 13.7. The quantitative estimate of drug-likeness (QED) is 0.825. The summed E-state index contributed by atoms with van der Waals surface area (Å²) in [5.41, 5.74) is 1.92. The summed E-state index contributed by atoms with van der Waals surface area (Å²) in [5.74, 6) is -2.11. The highest BCUT2D eigenvalue weighted by Gasteiger charge is 2.41. The van der Waals surface area contributed by atoms with Crippen LogP contribution in [0.5, 0.6) is 0 Å². The van der Waals surface area contributed by atoms with Gasteiger partial charge in [-0.2, -0.15) is 0 Å². The number of carboxylic acid groups (broad SMARTS) is 1. The van der Waals surface area contributed by atoms with Crippen LogP contribution in [0, 0.1) is 11.8 Å². The molecule has 130 valence electrons. The van der Waals surface area contributed by atoms with Crippen molar-refractivity contribution in [1.29, 1.82) is 0 Å². The Morgan fingerprint density at radius 1 is 1.04 bits per heavy atom. The molecule has 1 saturated carbocycles. The van der Waals surface area contributed by atoms with Gasteiger partial charge in [-0.3, -0.25) is 9.59 Å². The van der Waals surface area contributed by atoms with Crippen LogP contribution in [0.25, 0.3) is 0 Å². The van der Waals surface area contributed by atoms with Crippen molar-refractivity contribution in [2.24, 2.45) is 11.8 Å². The minimum atomic E-state index is -0.895. The third kappa shape index (κ3) is 4.02. The summed E-state index contributed by atoms with van der Waals surface area (Å²) in [6.07, 6.45) is 1.74. The number of hydrogen-bond acceptors (Lipinski definition) is 2. The molecule has 0 heterocycles. The number of hydrogen-bond donors (Lipinski definition) is 2. The van der Waals surface area contributed by atoms with Crippen molar-refractivity contribution in [2.75, 3.05) is 0 Å². The van der Waals surface area contributed by atoms with Gasteiger partial charge in [-0.05, 0) is 36.5 Å². The average molecular weight is 358 g/mol. The van der Waals surface area contributed by atoms with Crippen molar-refractivity contribution < 1.29 is 14.7 Å². The zero-order valence-corrected chi connectivity index (χ0v) is 14.4. The molecule has 4 nitrogen and oxygen atoms in total. The molecule has 1 aliphatic carbocycles. The molecule has 0 radical (unpaired) electrons. The molecule has 0 aromatic heterocycles. The molecule has 3 rings (SSSR count). The Morgan fingerprint density at radius 2 is 1.68 bits per heavy atom. The van der Waals surface area contributed by atoms with Gasteiger partial charge in [0.2, 0.25) is 5.91 Å². The van der Waals surface area contributed by atoms with E-state index in [1.54, 1.807) is 0 Å². The number of carbonyl (C=O) groups is 2. The fraction of sp³-hybridized carbons (Fsp3) is 0.300. The van der Waals surface area contributed by atoms with Gasteiger partial charge in [0.15, 0.2) is 0 Å². The molecule has 1 aliphatic rings. The molecule has 0 bridgehead atoms. The monoisotopic (exact) mass is 357 g/mol. The van der Waals surface area contributed by atoms with Gasteiger partial charge in [0.1, 0.15) is 0 Å². The van der Waals surface area contributed by atoms with E-state index in [0.29, 0.717) is 24.3 Å². The third-order valence-corrected chi connectivity index (χ3v) is 5.20. The number of amides is 1. The van der Waals surface area contributed by atoms with Crippen molar-refractivity contribution in [3.8, 4) is 0 Å². The molecule has 0 saturated heterocycles. The molecule has 3 unspecified atom stereocenters. The van der Waals surface area contributed by atoms with Crippen LogP contribution in [-0.4, -0.2) is 17.0 Å². The van der Waals surface area contributed by atoms with Crippen molar-refractivity contribution >= 4 is 23.5 Å². The van der Waals surface area contributed by atoms with Crippen LogP contribution in [-0.2, 0) is 16.0 Å². The molecule has 0 spiro atoms. The van der Waals surface area contributed by atoms with Gasteiger partial charge >= 0.3 is 5.97 Å². The van der Waals surface area contributed by atoms with E-state index in [-0.39, 0.29) is 11.9 Å². The van der Waals surface area contributed by atoms with E-state index in [4.69, 9.17) is 11.6 Å². The van der Waals surface area contributed by atoms with Crippen molar-refractivity contribution in [3.63, 3.8) is 0 Å². The van der Waals surface area contributed by atoms with Crippen LogP contribution in [0.15, 0.2) is 54.6 Å². The minimum Gasteiger partial charge on any atom is -0.481 e. The molecule has 2 N–H and O–H groups in total. The van der Waals surface area contributed by atoms with Crippen molar-refractivity contribution in [1.82, 2.24) is 5.32 Å². The lowest BCUT2D eigenvalue weighted by Crippen LogP contribution is -2.45. The Labute approximate surface area is 151 Å². The maximum absolute atomic E-state index is 12.6. The third-order valence-electron chi connectivity index (χ3n) is 4.83. The van der Waals surface area contributed by atoms with Crippen LogP contribution in [0.3, 0.4) is 0 Å². The number of aliphatic carboxylic acids is 1. The largest absolute Gasteiger partial charge is 0.481 e. The Hall–Kier alpha value is -2.33. The van der Waals surface area contributed by atoms with E-state index < -0.39 is 17.8 Å². The summed E-state index contributed by atoms with van der Waals surface area (Å²) in [7, 11) is 0. The summed E-state index contributed by atoms with van der Waals surface area (Å²) in [6.45, 7) is 0. The maximum Gasteiger partial charge on any atom is 0.307 e. The summed E-state index contributed by atoms with van der Waals surface area (Å²) in [5, 5.41) is 12.9. The number of benzene rings is 2. The van der Waals surface area contributed by atoms with E-state index in [2.05, 4.69) is 5.32 Å². The van der Waals surface area contributed by atoms with Crippen LogP contribution < -0.4 is 5.32 Å². The molecule has 2 aromatic carbocycles. The van der Waals surface area contributed by atoms with Crippen molar-refractivity contribution in [3.05, 3.63) is 70.7 Å². The Balaban J connectivity index is 1.79. The second kappa shape index (κ2) is 7.70. The highest BCUT2D eigenvalue weighted by atomic mass is 35.5. The fourth-order valence-corrected chi connectivity index (χ4v) is 3.42. The molecule has 25 heavy (non-hydrogen) atoms. The van der Waals surface area contributed by atoms with Crippen LogP contribution in [0.4, 0.5) is 0 Å². The van der Waals surface area contributed by atoms with Gasteiger partial charge in [0.05, 0.1) is 17.9 Å². The van der Waals surface area contributed by atoms with Gasteiger partial charge in [0, 0.05) is 5.02 Å². The summed E-state index contributed by atoms with van der Waals surface area (Å²) < 4.78 is 0. The molecule has 0 aliphatic heterocycles. The molecule has 1 amide bonds. The summed E-state index contributed by atoms with van der Waals surface area (Å²) >= 11 is 6.27. The van der Waals surface area contributed by atoms with E-state index in [1.165, 1.54) is 0 Å². The highest BCUT2D eigenvalue weighted by Crippen LogP contribution is 2.35.